The Hall–Kier alpha value is -1.19. The van der Waals surface area contributed by atoms with E-state index in [1.165, 1.54) is 23.2 Å². The van der Waals surface area contributed by atoms with Gasteiger partial charge in [-0.05, 0) is 43.5 Å². The van der Waals surface area contributed by atoms with E-state index in [-0.39, 0.29) is 29.8 Å². The summed E-state index contributed by atoms with van der Waals surface area (Å²) >= 11 is 0. The number of nitrogens with zero attached hydrogens (tertiary/aromatic N) is 1. The van der Waals surface area contributed by atoms with Gasteiger partial charge in [0.1, 0.15) is 0 Å². The van der Waals surface area contributed by atoms with Crippen molar-refractivity contribution in [3.05, 3.63) is 24.3 Å². The lowest BCUT2D eigenvalue weighted by molar-refractivity contribution is -0.115. The van der Waals surface area contributed by atoms with Crippen molar-refractivity contribution in [3.63, 3.8) is 0 Å². The molecule has 1 aromatic rings. The van der Waals surface area contributed by atoms with E-state index in [4.69, 9.17) is 4.74 Å². The van der Waals surface area contributed by atoms with Crippen molar-refractivity contribution in [2.24, 2.45) is 5.92 Å². The molecule has 0 atom stereocenters. The summed E-state index contributed by atoms with van der Waals surface area (Å²) in [6, 6.07) is 6.38. The molecular weight excluding hydrogens is 366 g/mol. The molecule has 25 heavy (non-hydrogen) atoms. The van der Waals surface area contributed by atoms with Crippen LogP contribution in [0.15, 0.2) is 29.2 Å². The summed E-state index contributed by atoms with van der Waals surface area (Å²) in [5.74, 6) is 0.538. The van der Waals surface area contributed by atoms with Crippen molar-refractivity contribution in [2.75, 3.05) is 44.7 Å². The van der Waals surface area contributed by atoms with E-state index in [0.29, 0.717) is 37.9 Å². The lowest BCUT2D eigenvalue weighted by Crippen LogP contribution is -2.40. The maximum Gasteiger partial charge on any atom is 0.243 e. The van der Waals surface area contributed by atoms with E-state index in [1.54, 1.807) is 18.2 Å². The predicted octanol–water partition coefficient (Wildman–Crippen LogP) is 1.07. The second-order valence-electron chi connectivity index (χ2n) is 6.17. The molecule has 1 heterocycles. The van der Waals surface area contributed by atoms with E-state index in [1.807, 2.05) is 0 Å². The van der Waals surface area contributed by atoms with Crippen molar-refractivity contribution in [1.29, 1.82) is 0 Å². The van der Waals surface area contributed by atoms with Crippen molar-refractivity contribution in [3.8, 4) is 0 Å². The van der Waals surface area contributed by atoms with Crippen LogP contribution in [0.2, 0.25) is 0 Å². The summed E-state index contributed by atoms with van der Waals surface area (Å²) < 4.78 is 31.9. The molecule has 2 aliphatic rings. The zero-order chi connectivity index (χ0) is 17.0. The summed E-state index contributed by atoms with van der Waals surface area (Å²) in [6.45, 7) is 2.61. The summed E-state index contributed by atoms with van der Waals surface area (Å²) in [7, 11) is -3.55. The Labute approximate surface area is 154 Å². The molecule has 7 nitrogen and oxygen atoms in total. The van der Waals surface area contributed by atoms with E-state index in [2.05, 4.69) is 10.6 Å². The van der Waals surface area contributed by atoms with Gasteiger partial charge < -0.3 is 15.4 Å². The molecule has 140 valence electrons. The normalized spacial score (nSPS) is 18.4. The SMILES string of the molecule is Cl.O=C(CNCC1CC1)Nc1cccc(S(=O)(=O)N2CCOCC2)c1. The van der Waals surface area contributed by atoms with Gasteiger partial charge in [-0.2, -0.15) is 4.31 Å². The van der Waals surface area contributed by atoms with Gasteiger partial charge in [0.25, 0.3) is 0 Å². The molecule has 1 aliphatic carbocycles. The Morgan fingerprint density at radius 3 is 2.64 bits per heavy atom. The Morgan fingerprint density at radius 1 is 1.24 bits per heavy atom. The third-order valence-electron chi connectivity index (χ3n) is 4.14. The van der Waals surface area contributed by atoms with Crippen LogP contribution in [0.5, 0.6) is 0 Å². The molecule has 0 bridgehead atoms. The second kappa shape index (κ2) is 8.95. The summed E-state index contributed by atoms with van der Waals surface area (Å²) in [5, 5.41) is 5.85. The van der Waals surface area contributed by atoms with Gasteiger partial charge in [-0.1, -0.05) is 6.07 Å². The van der Waals surface area contributed by atoms with Gasteiger partial charge in [0.2, 0.25) is 15.9 Å². The first-order valence-electron chi connectivity index (χ1n) is 8.24. The molecule has 0 unspecified atom stereocenters. The zero-order valence-corrected chi connectivity index (χ0v) is 15.6. The molecule has 0 radical (unpaired) electrons. The molecule has 1 aromatic carbocycles. The maximum atomic E-state index is 12.6. The topological polar surface area (TPSA) is 87.7 Å². The second-order valence-corrected chi connectivity index (χ2v) is 8.10. The average Bonchev–Trinajstić information content (AvgIpc) is 3.40. The van der Waals surface area contributed by atoms with Crippen molar-refractivity contribution < 1.29 is 17.9 Å². The van der Waals surface area contributed by atoms with Crippen LogP contribution in [0.1, 0.15) is 12.8 Å². The number of sulfonamides is 1. The highest BCUT2D eigenvalue weighted by atomic mass is 35.5. The Morgan fingerprint density at radius 2 is 1.96 bits per heavy atom. The Bertz CT molecular complexity index is 688. The summed E-state index contributed by atoms with van der Waals surface area (Å²) in [4.78, 5) is 12.1. The predicted molar refractivity (Wildman–Crippen MR) is 97.5 cm³/mol. The molecule has 1 saturated heterocycles. The number of hydrogen-bond acceptors (Lipinski definition) is 5. The van der Waals surface area contributed by atoms with Crippen LogP contribution in [-0.4, -0.2) is 58.0 Å². The Kier molecular flexibility index (Phi) is 7.21. The highest BCUT2D eigenvalue weighted by molar-refractivity contribution is 7.89. The number of carbonyl (C=O) groups is 1. The van der Waals surface area contributed by atoms with Crippen molar-refractivity contribution >= 4 is 34.0 Å². The third kappa shape index (κ3) is 5.65. The minimum Gasteiger partial charge on any atom is -0.379 e. The standard InChI is InChI=1S/C16H23N3O4S.ClH/c20-16(12-17-11-13-4-5-13)18-14-2-1-3-15(10-14)24(21,22)19-6-8-23-9-7-19;/h1-3,10,13,17H,4-9,11-12H2,(H,18,20);1H. The van der Waals surface area contributed by atoms with Gasteiger partial charge in [-0.25, -0.2) is 8.42 Å². The number of benzene rings is 1. The number of halogens is 1. The minimum absolute atomic E-state index is 0. The van der Waals surface area contributed by atoms with Gasteiger partial charge in [0.05, 0.1) is 24.7 Å². The third-order valence-corrected chi connectivity index (χ3v) is 6.04. The number of hydrogen-bond donors (Lipinski definition) is 2. The highest BCUT2D eigenvalue weighted by Gasteiger charge is 2.26. The Balaban J connectivity index is 0.00000225. The maximum absolute atomic E-state index is 12.6. The first-order valence-corrected chi connectivity index (χ1v) is 9.68. The number of anilines is 1. The number of carbonyl (C=O) groups excluding carboxylic acids is 1. The quantitative estimate of drug-likeness (QED) is 0.728. The number of ether oxygens (including phenoxy) is 1. The molecule has 1 amide bonds. The lowest BCUT2D eigenvalue weighted by atomic mass is 10.3. The zero-order valence-electron chi connectivity index (χ0n) is 13.9. The van der Waals surface area contributed by atoms with Crippen LogP contribution in [0.25, 0.3) is 0 Å². The molecule has 0 spiro atoms. The molecule has 2 fully saturated rings. The summed E-state index contributed by atoms with van der Waals surface area (Å²) in [6.07, 6.45) is 2.46. The molecule has 0 aromatic heterocycles. The molecule has 2 N–H and O–H groups in total. The highest BCUT2D eigenvalue weighted by Crippen LogP contribution is 2.27. The summed E-state index contributed by atoms with van der Waals surface area (Å²) in [5.41, 5.74) is 0.488. The number of morpholine rings is 1. The fourth-order valence-corrected chi connectivity index (χ4v) is 4.04. The van der Waals surface area contributed by atoms with Crippen LogP contribution in [-0.2, 0) is 19.6 Å². The van der Waals surface area contributed by atoms with Crippen molar-refractivity contribution in [2.45, 2.75) is 17.7 Å². The smallest absolute Gasteiger partial charge is 0.243 e. The van der Waals surface area contributed by atoms with Crippen LogP contribution in [0.4, 0.5) is 5.69 Å². The molecule has 9 heteroatoms. The molecule has 1 aliphatic heterocycles. The average molecular weight is 390 g/mol. The van der Waals surface area contributed by atoms with Gasteiger partial charge in [0.15, 0.2) is 0 Å². The van der Waals surface area contributed by atoms with Crippen LogP contribution in [0.3, 0.4) is 0 Å². The molecule has 3 rings (SSSR count). The number of rotatable bonds is 7. The van der Waals surface area contributed by atoms with Crippen molar-refractivity contribution in [1.82, 2.24) is 9.62 Å². The fraction of sp³-hybridized carbons (Fsp3) is 0.562. The minimum atomic E-state index is -3.55. The monoisotopic (exact) mass is 389 g/mol. The number of nitrogens with one attached hydrogen (secondary N) is 2. The first-order chi connectivity index (χ1) is 11.6. The molecule has 1 saturated carbocycles. The van der Waals surface area contributed by atoms with Crippen LogP contribution >= 0.6 is 12.4 Å². The van der Waals surface area contributed by atoms with E-state index >= 15 is 0 Å². The van der Waals surface area contributed by atoms with Crippen LogP contribution < -0.4 is 10.6 Å². The lowest BCUT2D eigenvalue weighted by Gasteiger charge is -2.26. The van der Waals surface area contributed by atoms with E-state index in [9.17, 15) is 13.2 Å². The fourth-order valence-electron chi connectivity index (χ4n) is 2.59. The van der Waals surface area contributed by atoms with E-state index in [0.717, 1.165) is 6.54 Å². The van der Waals surface area contributed by atoms with Crippen LogP contribution in [0, 0.1) is 5.92 Å². The molecular formula is C16H24ClN3O4S. The van der Waals surface area contributed by atoms with Gasteiger partial charge in [-0.15, -0.1) is 12.4 Å². The van der Waals surface area contributed by atoms with Gasteiger partial charge >= 0.3 is 0 Å². The van der Waals surface area contributed by atoms with E-state index < -0.39 is 10.0 Å². The number of amides is 1. The largest absolute Gasteiger partial charge is 0.379 e. The van der Waals surface area contributed by atoms with Gasteiger partial charge in [0, 0.05) is 18.8 Å². The first kappa shape index (κ1) is 20.1. The van der Waals surface area contributed by atoms with Gasteiger partial charge in [-0.3, -0.25) is 4.79 Å².